The Morgan fingerprint density at radius 3 is 2.89 bits per heavy atom. The predicted octanol–water partition coefficient (Wildman–Crippen LogP) is 1.94. The van der Waals surface area contributed by atoms with E-state index in [1.165, 1.54) is 12.0 Å². The molecule has 8 nitrogen and oxygen atoms in total. The van der Waals surface area contributed by atoms with Crippen LogP contribution in [-0.4, -0.2) is 30.4 Å². The van der Waals surface area contributed by atoms with Crippen molar-refractivity contribution in [2.24, 2.45) is 0 Å². The summed E-state index contributed by atoms with van der Waals surface area (Å²) in [4.78, 5) is 30.3. The topological polar surface area (TPSA) is 112 Å². The van der Waals surface area contributed by atoms with Crippen LogP contribution >= 0.6 is 0 Å². The molecule has 3 heterocycles. The normalized spacial score (nSPS) is 13.6. The Bertz CT molecular complexity index is 1020. The molecule has 1 aliphatic carbocycles. The number of hydrogen-bond donors (Lipinski definition) is 2. The summed E-state index contributed by atoms with van der Waals surface area (Å²) in [6, 6.07) is 1.71. The third-order valence-electron chi connectivity index (χ3n) is 5.04. The predicted molar refractivity (Wildman–Crippen MR) is 102 cm³/mol. The van der Waals surface area contributed by atoms with Gasteiger partial charge in [-0.3, -0.25) is 9.36 Å². The van der Waals surface area contributed by atoms with E-state index in [1.807, 2.05) is 13.8 Å². The van der Waals surface area contributed by atoms with E-state index >= 15 is 0 Å². The third-order valence-corrected chi connectivity index (χ3v) is 5.04. The molecule has 3 N–H and O–H groups in total. The van der Waals surface area contributed by atoms with Crippen LogP contribution in [0.25, 0.3) is 11.2 Å². The van der Waals surface area contributed by atoms with Crippen LogP contribution in [0.3, 0.4) is 0 Å². The average Bonchev–Trinajstić information content (AvgIpc) is 3.00. The SMILES string of the molecule is CCn1c(N)nc2cc(C(=O)NCc3nc(C)c4c(n3)CCCC4)cnc21. The minimum atomic E-state index is -0.229. The van der Waals surface area contributed by atoms with Gasteiger partial charge in [0.05, 0.1) is 12.1 Å². The van der Waals surface area contributed by atoms with Gasteiger partial charge in [0.15, 0.2) is 5.65 Å². The van der Waals surface area contributed by atoms with Gasteiger partial charge in [0.25, 0.3) is 5.91 Å². The monoisotopic (exact) mass is 365 g/mol. The molecule has 0 fully saturated rings. The van der Waals surface area contributed by atoms with Crippen molar-refractivity contribution in [3.05, 3.63) is 40.6 Å². The molecular formula is C19H23N7O. The summed E-state index contributed by atoms with van der Waals surface area (Å²) in [5, 5.41) is 2.88. The van der Waals surface area contributed by atoms with Crippen molar-refractivity contribution in [2.75, 3.05) is 5.73 Å². The number of nitrogens with zero attached hydrogens (tertiary/aromatic N) is 5. The van der Waals surface area contributed by atoms with Crippen molar-refractivity contribution in [3.63, 3.8) is 0 Å². The highest BCUT2D eigenvalue weighted by Gasteiger charge is 2.17. The highest BCUT2D eigenvalue weighted by molar-refractivity contribution is 5.96. The standard InChI is InChI=1S/C19H23N7O/c1-3-26-17-15(25-19(26)20)8-12(9-21-17)18(27)22-10-16-23-11(2)13-6-4-5-7-14(13)24-16/h8-9H,3-7,10H2,1-2H3,(H2,20,25)(H,22,27). The van der Waals surface area contributed by atoms with Gasteiger partial charge in [-0.05, 0) is 51.2 Å². The van der Waals surface area contributed by atoms with Gasteiger partial charge < -0.3 is 11.1 Å². The molecule has 0 unspecified atom stereocenters. The Hall–Kier alpha value is -3.03. The van der Waals surface area contributed by atoms with Gasteiger partial charge in [0.2, 0.25) is 5.95 Å². The molecule has 0 saturated heterocycles. The zero-order chi connectivity index (χ0) is 19.0. The first-order valence-corrected chi connectivity index (χ1v) is 9.32. The number of carbonyl (C=O) groups excluding carboxylic acids is 1. The first kappa shape index (κ1) is 17.4. The molecule has 140 valence electrons. The number of nitrogen functional groups attached to an aromatic ring is 1. The van der Waals surface area contributed by atoms with Gasteiger partial charge >= 0.3 is 0 Å². The molecular weight excluding hydrogens is 342 g/mol. The number of hydrogen-bond acceptors (Lipinski definition) is 6. The van der Waals surface area contributed by atoms with Crippen LogP contribution in [0.5, 0.6) is 0 Å². The molecule has 0 spiro atoms. The Labute approximate surface area is 157 Å². The summed E-state index contributed by atoms with van der Waals surface area (Å²) >= 11 is 0. The fourth-order valence-electron chi connectivity index (χ4n) is 3.65. The van der Waals surface area contributed by atoms with Crippen molar-refractivity contribution < 1.29 is 4.79 Å². The summed E-state index contributed by atoms with van der Waals surface area (Å²) in [7, 11) is 0. The highest BCUT2D eigenvalue weighted by atomic mass is 16.1. The number of fused-ring (bicyclic) bond motifs is 2. The number of pyridine rings is 1. The van der Waals surface area contributed by atoms with Gasteiger partial charge in [-0.2, -0.15) is 0 Å². The molecule has 4 rings (SSSR count). The molecule has 27 heavy (non-hydrogen) atoms. The molecule has 3 aromatic rings. The molecule has 0 atom stereocenters. The van der Waals surface area contributed by atoms with Crippen LogP contribution in [0, 0.1) is 6.92 Å². The molecule has 0 aliphatic heterocycles. The summed E-state index contributed by atoms with van der Waals surface area (Å²) in [5.74, 6) is 0.818. The van der Waals surface area contributed by atoms with Crippen LogP contribution in [0.1, 0.15) is 52.9 Å². The van der Waals surface area contributed by atoms with Gasteiger partial charge in [-0.1, -0.05) is 0 Å². The summed E-state index contributed by atoms with van der Waals surface area (Å²) < 4.78 is 1.81. The van der Waals surface area contributed by atoms with Gasteiger partial charge in [0, 0.05) is 24.1 Å². The van der Waals surface area contributed by atoms with E-state index in [4.69, 9.17) is 5.73 Å². The molecule has 1 aliphatic rings. The van der Waals surface area contributed by atoms with Crippen LogP contribution < -0.4 is 11.1 Å². The fourth-order valence-corrected chi connectivity index (χ4v) is 3.65. The molecule has 0 saturated carbocycles. The van der Waals surface area contributed by atoms with Crippen molar-refractivity contribution in [1.82, 2.24) is 29.8 Å². The smallest absolute Gasteiger partial charge is 0.253 e. The second-order valence-electron chi connectivity index (χ2n) is 6.82. The Morgan fingerprint density at radius 2 is 2.07 bits per heavy atom. The van der Waals surface area contributed by atoms with Crippen molar-refractivity contribution in [1.29, 1.82) is 0 Å². The maximum absolute atomic E-state index is 12.5. The first-order chi connectivity index (χ1) is 13.1. The van der Waals surface area contributed by atoms with Crippen molar-refractivity contribution in [2.45, 2.75) is 52.6 Å². The number of nitrogens with one attached hydrogen (secondary N) is 1. The lowest BCUT2D eigenvalue weighted by atomic mass is 9.95. The van der Waals surface area contributed by atoms with E-state index in [1.54, 1.807) is 16.8 Å². The Kier molecular flexibility index (Phi) is 4.47. The second-order valence-corrected chi connectivity index (χ2v) is 6.82. The van der Waals surface area contributed by atoms with Crippen LogP contribution in [0.2, 0.25) is 0 Å². The quantitative estimate of drug-likeness (QED) is 0.731. The van der Waals surface area contributed by atoms with Crippen LogP contribution in [0.4, 0.5) is 5.95 Å². The molecule has 0 radical (unpaired) electrons. The average molecular weight is 365 g/mol. The van der Waals surface area contributed by atoms with E-state index < -0.39 is 0 Å². The Morgan fingerprint density at radius 1 is 1.26 bits per heavy atom. The lowest BCUT2D eigenvalue weighted by Gasteiger charge is -2.17. The van der Waals surface area contributed by atoms with E-state index in [2.05, 4.69) is 25.3 Å². The van der Waals surface area contributed by atoms with Crippen LogP contribution in [-0.2, 0) is 25.9 Å². The van der Waals surface area contributed by atoms with E-state index in [0.717, 1.165) is 30.7 Å². The fraction of sp³-hybridized carbons (Fsp3) is 0.421. The second kappa shape index (κ2) is 6.94. The summed E-state index contributed by atoms with van der Waals surface area (Å²) in [6.07, 6.45) is 5.94. The number of aryl methyl sites for hydroxylation is 3. The molecule has 1 amide bonds. The maximum atomic E-state index is 12.5. The van der Waals surface area contributed by atoms with E-state index in [9.17, 15) is 4.79 Å². The van der Waals surface area contributed by atoms with Crippen molar-refractivity contribution >= 4 is 23.0 Å². The number of anilines is 1. The number of aromatic nitrogens is 5. The lowest BCUT2D eigenvalue weighted by Crippen LogP contribution is -2.25. The van der Waals surface area contributed by atoms with Crippen molar-refractivity contribution in [3.8, 4) is 0 Å². The minimum absolute atomic E-state index is 0.229. The summed E-state index contributed by atoms with van der Waals surface area (Å²) in [6.45, 7) is 4.95. The first-order valence-electron chi connectivity index (χ1n) is 9.32. The molecule has 0 aromatic carbocycles. The molecule has 0 bridgehead atoms. The zero-order valence-electron chi connectivity index (χ0n) is 15.6. The van der Waals surface area contributed by atoms with Gasteiger partial charge in [0.1, 0.15) is 11.3 Å². The number of imidazole rings is 1. The number of amides is 1. The molecule has 3 aromatic heterocycles. The number of carbonyl (C=O) groups is 1. The molecule has 8 heteroatoms. The van der Waals surface area contributed by atoms with Gasteiger partial charge in [-0.25, -0.2) is 19.9 Å². The van der Waals surface area contributed by atoms with E-state index in [-0.39, 0.29) is 12.5 Å². The highest BCUT2D eigenvalue weighted by Crippen LogP contribution is 2.21. The lowest BCUT2D eigenvalue weighted by molar-refractivity contribution is 0.0949. The zero-order valence-corrected chi connectivity index (χ0v) is 15.6. The Balaban J connectivity index is 1.51. The maximum Gasteiger partial charge on any atom is 0.253 e. The number of nitrogens with two attached hydrogens (primary N) is 1. The van der Waals surface area contributed by atoms with Crippen LogP contribution in [0.15, 0.2) is 12.3 Å². The largest absolute Gasteiger partial charge is 0.369 e. The van der Waals surface area contributed by atoms with Gasteiger partial charge in [-0.15, -0.1) is 0 Å². The minimum Gasteiger partial charge on any atom is -0.369 e. The number of rotatable bonds is 4. The van der Waals surface area contributed by atoms with E-state index in [0.29, 0.717) is 35.0 Å². The summed E-state index contributed by atoms with van der Waals surface area (Å²) in [5.41, 5.74) is 11.0. The third kappa shape index (κ3) is 3.22.